The van der Waals surface area contributed by atoms with Crippen LogP contribution in [0, 0.1) is 5.41 Å². The first-order valence-corrected chi connectivity index (χ1v) is 7.52. The van der Waals surface area contributed by atoms with Crippen LogP contribution in [0.25, 0.3) is 0 Å². The number of nitrogens with one attached hydrogen (secondary N) is 1. The number of rotatable bonds is 4. The molecule has 0 aromatic carbocycles. The molecule has 1 N–H and O–H groups in total. The molecular weight excluding hydrogens is 360 g/mol. The number of amides is 1. The van der Waals surface area contributed by atoms with E-state index >= 15 is 0 Å². The van der Waals surface area contributed by atoms with Gasteiger partial charge in [-0.2, -0.15) is 0 Å². The van der Waals surface area contributed by atoms with Gasteiger partial charge in [-0.3, -0.25) is 4.79 Å². The van der Waals surface area contributed by atoms with Crippen LogP contribution in [0.1, 0.15) is 37.7 Å². The van der Waals surface area contributed by atoms with Crippen molar-refractivity contribution in [3.63, 3.8) is 0 Å². The first-order chi connectivity index (χ1) is 8.28. The van der Waals surface area contributed by atoms with Crippen LogP contribution in [0.3, 0.4) is 0 Å². The monoisotopic (exact) mass is 376 g/mol. The van der Waals surface area contributed by atoms with Gasteiger partial charge in [0.15, 0.2) is 0 Å². The van der Waals surface area contributed by atoms with Gasteiger partial charge in [-0.1, -0.05) is 36.7 Å². The highest BCUT2D eigenvalue weighted by Gasteiger charge is 2.17. The van der Waals surface area contributed by atoms with Crippen LogP contribution in [0.4, 0.5) is 0 Å². The molecule has 1 amide bonds. The molecule has 100 valence electrons. The number of carbonyl (C=O) groups excluding carboxylic acids is 1. The minimum atomic E-state index is -0.138. The summed E-state index contributed by atoms with van der Waals surface area (Å²) < 4.78 is 0.866. The molecule has 1 unspecified atom stereocenters. The molecule has 1 aromatic rings. The Morgan fingerprint density at radius 1 is 1.44 bits per heavy atom. The van der Waals surface area contributed by atoms with Crippen LogP contribution in [0.15, 0.2) is 22.8 Å². The van der Waals surface area contributed by atoms with Crippen molar-refractivity contribution in [1.29, 1.82) is 0 Å². The van der Waals surface area contributed by atoms with E-state index in [4.69, 9.17) is 0 Å². The van der Waals surface area contributed by atoms with E-state index in [-0.39, 0.29) is 16.1 Å². The average molecular weight is 378 g/mol. The lowest BCUT2D eigenvalue weighted by atomic mass is 9.90. The summed E-state index contributed by atoms with van der Waals surface area (Å²) in [4.78, 5) is 16.1. The number of nitrogens with zero attached hydrogens (tertiary/aromatic N) is 1. The minimum Gasteiger partial charge on any atom is -0.350 e. The molecule has 0 bridgehead atoms. The van der Waals surface area contributed by atoms with Crippen LogP contribution >= 0.6 is 31.9 Å². The minimum absolute atomic E-state index is 0.138. The lowest BCUT2D eigenvalue weighted by Crippen LogP contribution is -2.31. The largest absolute Gasteiger partial charge is 0.350 e. The number of halogens is 2. The van der Waals surface area contributed by atoms with Crippen molar-refractivity contribution in [2.24, 2.45) is 5.41 Å². The van der Waals surface area contributed by atoms with Crippen molar-refractivity contribution in [1.82, 2.24) is 10.3 Å². The molecule has 5 heteroatoms. The Morgan fingerprint density at radius 3 is 2.61 bits per heavy atom. The van der Waals surface area contributed by atoms with Gasteiger partial charge < -0.3 is 5.32 Å². The molecular formula is C13H18Br2N2O. The zero-order chi connectivity index (χ0) is 13.8. The molecule has 1 heterocycles. The highest BCUT2D eigenvalue weighted by Crippen LogP contribution is 2.24. The molecule has 0 fully saturated rings. The molecule has 18 heavy (non-hydrogen) atoms. The lowest BCUT2D eigenvalue weighted by Gasteiger charge is -2.22. The van der Waals surface area contributed by atoms with Gasteiger partial charge in [-0.05, 0) is 39.9 Å². The summed E-state index contributed by atoms with van der Waals surface area (Å²) in [6.07, 6.45) is 2.62. The topological polar surface area (TPSA) is 42.0 Å². The van der Waals surface area contributed by atoms with E-state index in [1.165, 1.54) is 0 Å². The van der Waals surface area contributed by atoms with E-state index in [1.54, 1.807) is 12.3 Å². The molecule has 0 saturated carbocycles. The fourth-order valence-corrected chi connectivity index (χ4v) is 2.91. The van der Waals surface area contributed by atoms with Crippen molar-refractivity contribution < 1.29 is 4.79 Å². The Hall–Kier alpha value is -0.420. The molecule has 0 spiro atoms. The van der Waals surface area contributed by atoms with Gasteiger partial charge in [0.2, 0.25) is 0 Å². The Balaban J connectivity index is 2.44. The highest BCUT2D eigenvalue weighted by atomic mass is 79.9. The maximum absolute atomic E-state index is 11.8. The van der Waals surface area contributed by atoms with E-state index in [9.17, 15) is 4.79 Å². The number of aromatic nitrogens is 1. The first-order valence-electron chi connectivity index (χ1n) is 5.82. The standard InChI is InChI=1S/C13H18Br2N2O/c1-13(2,3)6-10(15)8-17-12(18)11-5-4-9(14)7-16-11/h4-5,7,10H,6,8H2,1-3H3,(H,17,18). The summed E-state index contributed by atoms with van der Waals surface area (Å²) in [5.74, 6) is -0.138. The summed E-state index contributed by atoms with van der Waals surface area (Å²) >= 11 is 6.87. The molecule has 1 aromatic heterocycles. The molecule has 1 rings (SSSR count). The second kappa shape index (κ2) is 6.66. The van der Waals surface area contributed by atoms with Crippen LogP contribution < -0.4 is 5.32 Å². The van der Waals surface area contributed by atoms with Crippen molar-refractivity contribution in [3.05, 3.63) is 28.5 Å². The predicted molar refractivity (Wildman–Crippen MR) is 81.1 cm³/mol. The van der Waals surface area contributed by atoms with Gasteiger partial charge in [0, 0.05) is 22.0 Å². The fraction of sp³-hybridized carbons (Fsp3) is 0.538. The maximum atomic E-state index is 11.8. The quantitative estimate of drug-likeness (QED) is 0.811. The summed E-state index contributed by atoms with van der Waals surface area (Å²) in [5, 5.41) is 2.88. The Kier molecular flexibility index (Phi) is 5.79. The van der Waals surface area contributed by atoms with Gasteiger partial charge in [0.05, 0.1) is 0 Å². The molecule has 1 atom stereocenters. The summed E-state index contributed by atoms with van der Waals surface area (Å²) in [7, 11) is 0. The van der Waals surface area contributed by atoms with Crippen molar-refractivity contribution in [2.45, 2.75) is 32.0 Å². The second-order valence-corrected chi connectivity index (χ2v) is 7.64. The van der Waals surface area contributed by atoms with Crippen molar-refractivity contribution >= 4 is 37.8 Å². The highest BCUT2D eigenvalue weighted by molar-refractivity contribution is 9.10. The zero-order valence-corrected chi connectivity index (χ0v) is 14.0. The van der Waals surface area contributed by atoms with Crippen molar-refractivity contribution in [2.75, 3.05) is 6.54 Å². The summed E-state index contributed by atoms with van der Waals surface area (Å²) in [5.41, 5.74) is 0.683. The fourth-order valence-electron chi connectivity index (χ4n) is 1.54. The number of hydrogen-bond donors (Lipinski definition) is 1. The first kappa shape index (κ1) is 15.6. The van der Waals surface area contributed by atoms with Gasteiger partial charge in [0.1, 0.15) is 5.69 Å². The summed E-state index contributed by atoms with van der Waals surface area (Å²) in [6, 6.07) is 3.51. The number of pyridine rings is 1. The smallest absolute Gasteiger partial charge is 0.269 e. The third kappa shape index (κ3) is 5.96. The van der Waals surface area contributed by atoms with E-state index in [2.05, 4.69) is 62.9 Å². The zero-order valence-electron chi connectivity index (χ0n) is 10.8. The Morgan fingerprint density at radius 2 is 2.11 bits per heavy atom. The van der Waals surface area contributed by atoms with E-state index in [0.717, 1.165) is 10.9 Å². The number of carbonyl (C=O) groups is 1. The lowest BCUT2D eigenvalue weighted by molar-refractivity contribution is 0.0947. The van der Waals surface area contributed by atoms with Crippen LogP contribution in [-0.2, 0) is 0 Å². The molecule has 0 saturated heterocycles. The second-order valence-electron chi connectivity index (χ2n) is 5.43. The van der Waals surface area contributed by atoms with Crippen molar-refractivity contribution in [3.8, 4) is 0 Å². The van der Waals surface area contributed by atoms with E-state index < -0.39 is 0 Å². The predicted octanol–water partition coefficient (Wildman–Crippen LogP) is 3.77. The number of hydrogen-bond acceptors (Lipinski definition) is 2. The van der Waals surface area contributed by atoms with Crippen LogP contribution in [0.2, 0.25) is 0 Å². The summed E-state index contributed by atoms with van der Waals surface area (Å²) in [6.45, 7) is 7.14. The van der Waals surface area contributed by atoms with Gasteiger partial charge in [-0.15, -0.1) is 0 Å². The molecule has 0 aliphatic rings. The van der Waals surface area contributed by atoms with E-state index in [0.29, 0.717) is 12.2 Å². The Labute approximate surface area is 125 Å². The third-order valence-electron chi connectivity index (χ3n) is 2.28. The number of alkyl halides is 1. The normalized spacial score (nSPS) is 13.2. The molecule has 3 nitrogen and oxygen atoms in total. The van der Waals surface area contributed by atoms with Crippen LogP contribution in [0.5, 0.6) is 0 Å². The maximum Gasteiger partial charge on any atom is 0.269 e. The van der Waals surface area contributed by atoms with Gasteiger partial charge in [0.25, 0.3) is 5.91 Å². The van der Waals surface area contributed by atoms with Gasteiger partial charge in [-0.25, -0.2) is 4.98 Å². The third-order valence-corrected chi connectivity index (χ3v) is 3.39. The SMILES string of the molecule is CC(C)(C)CC(Br)CNC(=O)c1ccc(Br)cn1. The molecule has 0 aliphatic heterocycles. The van der Waals surface area contributed by atoms with E-state index in [1.807, 2.05) is 6.07 Å². The Bertz CT molecular complexity index is 398. The van der Waals surface area contributed by atoms with Gasteiger partial charge >= 0.3 is 0 Å². The molecule has 0 aliphatic carbocycles. The molecule has 0 radical (unpaired) electrons. The van der Waals surface area contributed by atoms with Crippen LogP contribution in [-0.4, -0.2) is 22.3 Å². The average Bonchev–Trinajstić information content (AvgIpc) is 2.24.